The molecule has 0 spiro atoms. The second-order valence-electron chi connectivity index (χ2n) is 3.37. The molecule has 74 valence electrons. The Labute approximate surface area is 85.9 Å². The van der Waals surface area contributed by atoms with Crippen LogP contribution in [0.25, 0.3) is 10.8 Å². The molecule has 1 aliphatic heterocycles. The highest BCUT2D eigenvalue weighted by atomic mass is 16.5. The zero-order chi connectivity index (χ0) is 10.4. The molecule has 1 aliphatic rings. The minimum atomic E-state index is -0.101. The summed E-state index contributed by atoms with van der Waals surface area (Å²) in [5.41, 5.74) is 0.678. The maximum atomic E-state index is 11.6. The number of rotatable bonds is 1. The molecule has 15 heavy (non-hydrogen) atoms. The molecule has 4 heteroatoms. The van der Waals surface area contributed by atoms with Gasteiger partial charge in [-0.3, -0.25) is 4.79 Å². The number of hydrogen-bond donors (Lipinski definition) is 1. The first-order valence-corrected chi connectivity index (χ1v) is 4.59. The third-order valence-corrected chi connectivity index (χ3v) is 2.52. The van der Waals surface area contributed by atoms with Crippen molar-refractivity contribution in [2.24, 2.45) is 0 Å². The lowest BCUT2D eigenvalue weighted by Crippen LogP contribution is -2.04. The Morgan fingerprint density at radius 2 is 2.27 bits per heavy atom. The lowest BCUT2D eigenvalue weighted by molar-refractivity contribution is 0.103. The minimum Gasteiger partial charge on any atom is -0.481 e. The summed E-state index contributed by atoms with van der Waals surface area (Å²) in [4.78, 5) is 15.7. The van der Waals surface area contributed by atoms with E-state index in [0.29, 0.717) is 17.3 Å². The molecule has 1 N–H and O–H groups in total. The van der Waals surface area contributed by atoms with Gasteiger partial charge in [0, 0.05) is 11.5 Å². The first-order valence-electron chi connectivity index (χ1n) is 4.59. The Hall–Kier alpha value is -2.10. The maximum absolute atomic E-state index is 11.6. The van der Waals surface area contributed by atoms with E-state index in [1.54, 1.807) is 13.2 Å². The van der Waals surface area contributed by atoms with Gasteiger partial charge in [-0.25, -0.2) is 0 Å². The van der Waals surface area contributed by atoms with Gasteiger partial charge in [-0.1, -0.05) is 12.1 Å². The van der Waals surface area contributed by atoms with Crippen molar-refractivity contribution >= 4 is 22.5 Å². The molecule has 0 aliphatic carbocycles. The number of methoxy groups -OCH3 is 1. The zero-order valence-electron chi connectivity index (χ0n) is 8.07. The van der Waals surface area contributed by atoms with Crippen molar-refractivity contribution in [2.45, 2.75) is 0 Å². The van der Waals surface area contributed by atoms with Crippen LogP contribution < -0.4 is 10.1 Å². The van der Waals surface area contributed by atoms with Crippen LogP contribution in [0.4, 0.5) is 5.82 Å². The molecule has 1 aromatic heterocycles. The predicted octanol–water partition coefficient (Wildman–Crippen LogP) is 1.81. The molecule has 0 saturated carbocycles. The van der Waals surface area contributed by atoms with E-state index in [0.717, 1.165) is 10.8 Å². The van der Waals surface area contributed by atoms with E-state index in [1.165, 1.54) is 0 Å². The van der Waals surface area contributed by atoms with Crippen LogP contribution in [0.2, 0.25) is 0 Å². The first-order chi connectivity index (χ1) is 7.29. The molecule has 0 fully saturated rings. The summed E-state index contributed by atoms with van der Waals surface area (Å²) in [6.45, 7) is 0. The Bertz CT molecular complexity index is 578. The van der Waals surface area contributed by atoms with Gasteiger partial charge in [-0.05, 0) is 11.5 Å². The third kappa shape index (κ3) is 1.01. The fourth-order valence-corrected chi connectivity index (χ4v) is 1.85. The molecule has 0 radical (unpaired) electrons. The van der Waals surface area contributed by atoms with Gasteiger partial charge in [-0.2, -0.15) is 4.98 Å². The number of ether oxygens (including phenoxy) is 1. The Morgan fingerprint density at radius 3 is 3.07 bits per heavy atom. The molecule has 0 atom stereocenters. The van der Waals surface area contributed by atoms with Crippen molar-refractivity contribution in [3.05, 3.63) is 29.8 Å². The van der Waals surface area contributed by atoms with Crippen molar-refractivity contribution in [3.63, 3.8) is 0 Å². The standard InChI is InChI=1S/C11H8N2O2/c1-15-8-5-6-3-2-4-7-9(6)10(12-8)13-11(7)14/h2-5H,1H3,(H,12,13,14). The third-order valence-electron chi connectivity index (χ3n) is 2.52. The van der Waals surface area contributed by atoms with Crippen LogP contribution >= 0.6 is 0 Å². The summed E-state index contributed by atoms with van der Waals surface area (Å²) in [5.74, 6) is 0.998. The molecule has 4 nitrogen and oxygen atoms in total. The minimum absolute atomic E-state index is 0.101. The Morgan fingerprint density at radius 1 is 1.40 bits per heavy atom. The Balaban J connectivity index is 2.44. The van der Waals surface area contributed by atoms with Gasteiger partial charge < -0.3 is 10.1 Å². The van der Waals surface area contributed by atoms with Crippen LogP contribution in [0, 0.1) is 0 Å². The number of nitrogens with one attached hydrogen (secondary N) is 1. The fraction of sp³-hybridized carbons (Fsp3) is 0.0909. The molecule has 0 unspecified atom stereocenters. The molecular weight excluding hydrogens is 192 g/mol. The maximum Gasteiger partial charge on any atom is 0.257 e. The van der Waals surface area contributed by atoms with Gasteiger partial charge in [0.05, 0.1) is 12.7 Å². The van der Waals surface area contributed by atoms with E-state index >= 15 is 0 Å². The molecule has 0 saturated heterocycles. The number of amides is 1. The van der Waals surface area contributed by atoms with Crippen molar-refractivity contribution in [1.82, 2.24) is 4.98 Å². The average Bonchev–Trinajstić information content (AvgIpc) is 2.58. The van der Waals surface area contributed by atoms with Crippen LogP contribution in [0.3, 0.4) is 0 Å². The number of pyridine rings is 1. The van der Waals surface area contributed by atoms with E-state index < -0.39 is 0 Å². The van der Waals surface area contributed by atoms with Gasteiger partial charge in [0.25, 0.3) is 5.91 Å². The van der Waals surface area contributed by atoms with Crippen LogP contribution in [0.15, 0.2) is 24.3 Å². The number of aromatic nitrogens is 1. The van der Waals surface area contributed by atoms with Gasteiger partial charge in [-0.15, -0.1) is 0 Å². The normalized spacial score (nSPS) is 13.0. The second kappa shape index (κ2) is 2.70. The van der Waals surface area contributed by atoms with Crippen molar-refractivity contribution in [1.29, 1.82) is 0 Å². The summed E-state index contributed by atoms with van der Waals surface area (Å²) >= 11 is 0. The van der Waals surface area contributed by atoms with Crippen molar-refractivity contribution in [3.8, 4) is 5.88 Å². The number of carbonyl (C=O) groups is 1. The molecule has 0 bridgehead atoms. The largest absolute Gasteiger partial charge is 0.481 e. The lowest BCUT2D eigenvalue weighted by Gasteiger charge is -2.02. The highest BCUT2D eigenvalue weighted by Crippen LogP contribution is 2.33. The summed E-state index contributed by atoms with van der Waals surface area (Å²) in [6.07, 6.45) is 0. The number of nitrogens with zero attached hydrogens (tertiary/aromatic N) is 1. The topological polar surface area (TPSA) is 51.2 Å². The first kappa shape index (κ1) is 8.23. The number of carbonyl (C=O) groups excluding carboxylic acids is 1. The van der Waals surface area contributed by atoms with Crippen LogP contribution in [-0.4, -0.2) is 18.0 Å². The van der Waals surface area contributed by atoms with Gasteiger partial charge in [0.1, 0.15) is 5.82 Å². The van der Waals surface area contributed by atoms with Gasteiger partial charge in [0.15, 0.2) is 0 Å². The molecule has 1 amide bonds. The number of benzene rings is 1. The molecular formula is C11H8N2O2. The predicted molar refractivity (Wildman–Crippen MR) is 56.2 cm³/mol. The number of anilines is 1. The number of hydrogen-bond acceptors (Lipinski definition) is 3. The molecule has 2 heterocycles. The lowest BCUT2D eigenvalue weighted by atomic mass is 10.1. The Kier molecular flexibility index (Phi) is 1.48. The highest BCUT2D eigenvalue weighted by Gasteiger charge is 2.22. The SMILES string of the molecule is COc1cc2cccc3c2c(n1)NC3=O. The van der Waals surface area contributed by atoms with E-state index in [4.69, 9.17) is 4.74 Å². The van der Waals surface area contributed by atoms with Crippen LogP contribution in [-0.2, 0) is 0 Å². The smallest absolute Gasteiger partial charge is 0.257 e. The van der Waals surface area contributed by atoms with Crippen LogP contribution in [0.5, 0.6) is 5.88 Å². The second-order valence-corrected chi connectivity index (χ2v) is 3.37. The molecule has 1 aromatic carbocycles. The monoisotopic (exact) mass is 200 g/mol. The molecule has 2 aromatic rings. The quantitative estimate of drug-likeness (QED) is 0.763. The van der Waals surface area contributed by atoms with E-state index in [1.807, 2.05) is 18.2 Å². The van der Waals surface area contributed by atoms with Gasteiger partial charge >= 0.3 is 0 Å². The van der Waals surface area contributed by atoms with Crippen molar-refractivity contribution < 1.29 is 9.53 Å². The van der Waals surface area contributed by atoms with E-state index in [9.17, 15) is 4.79 Å². The summed E-state index contributed by atoms with van der Waals surface area (Å²) in [6, 6.07) is 7.41. The summed E-state index contributed by atoms with van der Waals surface area (Å²) in [5, 5.41) is 4.56. The van der Waals surface area contributed by atoms with E-state index in [2.05, 4.69) is 10.3 Å². The zero-order valence-corrected chi connectivity index (χ0v) is 8.07. The van der Waals surface area contributed by atoms with Gasteiger partial charge in [0.2, 0.25) is 5.88 Å². The fourth-order valence-electron chi connectivity index (χ4n) is 1.85. The van der Waals surface area contributed by atoms with E-state index in [-0.39, 0.29) is 5.91 Å². The summed E-state index contributed by atoms with van der Waals surface area (Å²) in [7, 11) is 1.56. The average molecular weight is 200 g/mol. The highest BCUT2D eigenvalue weighted by molar-refractivity contribution is 6.23. The van der Waals surface area contributed by atoms with Crippen LogP contribution in [0.1, 0.15) is 10.4 Å². The molecule has 3 rings (SSSR count). The van der Waals surface area contributed by atoms with Crippen molar-refractivity contribution in [2.75, 3.05) is 12.4 Å². The summed E-state index contributed by atoms with van der Waals surface area (Å²) < 4.78 is 5.06.